The Hall–Kier alpha value is -3.63. The maximum Gasteiger partial charge on any atom is 0.312 e. The molecule has 11 nitrogen and oxygen atoms in total. The molecule has 0 aliphatic heterocycles. The number of amides is 1. The molecule has 2 rings (SSSR count). The second-order valence-corrected chi connectivity index (χ2v) is 5.88. The first-order valence-corrected chi connectivity index (χ1v) is 7.92. The van der Waals surface area contributed by atoms with Gasteiger partial charge in [-0.15, -0.1) is 0 Å². The minimum atomic E-state index is -0.834. The normalized spacial score (nSPS) is 12.5. The van der Waals surface area contributed by atoms with Crippen LogP contribution in [-0.2, 0) is 4.79 Å². The molecule has 0 saturated heterocycles. The number of benzene rings is 1. The van der Waals surface area contributed by atoms with Crippen LogP contribution in [0.2, 0.25) is 0 Å². The molecule has 1 aromatic heterocycles. The van der Waals surface area contributed by atoms with Crippen molar-refractivity contribution in [1.82, 2.24) is 15.2 Å². The Morgan fingerprint density at radius 1 is 1.26 bits per heavy atom. The number of aromatic nitrogens is 2. The molecule has 2 aromatic rings. The third kappa shape index (κ3) is 4.14. The van der Waals surface area contributed by atoms with E-state index in [4.69, 9.17) is 0 Å². The van der Waals surface area contributed by atoms with Crippen LogP contribution in [-0.4, -0.2) is 31.2 Å². The molecule has 1 unspecified atom stereocenters. The van der Waals surface area contributed by atoms with Gasteiger partial charge in [0, 0.05) is 17.7 Å². The van der Waals surface area contributed by atoms with Gasteiger partial charge in [-0.1, -0.05) is 12.1 Å². The number of nitro groups is 2. The van der Waals surface area contributed by atoms with Crippen LogP contribution in [0.5, 0.6) is 0 Å². The molecule has 0 aliphatic rings. The summed E-state index contributed by atoms with van der Waals surface area (Å²) in [7, 11) is 0. The number of carbonyl (C=O) groups excluding carboxylic acids is 1. The Balaban J connectivity index is 2.18. The van der Waals surface area contributed by atoms with Crippen molar-refractivity contribution in [2.45, 2.75) is 33.7 Å². The quantitative estimate of drug-likeness (QED) is 0.467. The number of rotatable bonds is 6. The van der Waals surface area contributed by atoms with Gasteiger partial charge in [0.25, 0.3) is 11.6 Å². The van der Waals surface area contributed by atoms with Crippen LogP contribution in [0.3, 0.4) is 0 Å². The molecule has 0 bridgehead atoms. The fraction of sp³-hybridized carbons (Fsp3) is 0.312. The molecule has 142 valence electrons. The van der Waals surface area contributed by atoms with E-state index in [1.165, 1.54) is 43.7 Å². The van der Waals surface area contributed by atoms with E-state index < -0.39 is 21.8 Å². The number of hydrogen-bond acceptors (Lipinski definition) is 7. The summed E-state index contributed by atoms with van der Waals surface area (Å²) in [5.41, 5.74) is 3.48. The number of nitrogens with zero attached hydrogens (tertiary/aromatic N) is 5. The minimum absolute atomic E-state index is 0.0864. The molecule has 1 atom stereocenters. The zero-order chi connectivity index (χ0) is 20.3. The van der Waals surface area contributed by atoms with Crippen molar-refractivity contribution in [1.29, 1.82) is 0 Å². The van der Waals surface area contributed by atoms with E-state index in [2.05, 4.69) is 15.6 Å². The van der Waals surface area contributed by atoms with E-state index >= 15 is 0 Å². The molecule has 27 heavy (non-hydrogen) atoms. The summed E-state index contributed by atoms with van der Waals surface area (Å²) in [6, 6.07) is 5.02. The van der Waals surface area contributed by atoms with Crippen LogP contribution < -0.4 is 5.43 Å². The van der Waals surface area contributed by atoms with Crippen molar-refractivity contribution >= 4 is 23.0 Å². The van der Waals surface area contributed by atoms with Crippen molar-refractivity contribution in [3.63, 3.8) is 0 Å². The Morgan fingerprint density at radius 2 is 1.93 bits per heavy atom. The fourth-order valence-electron chi connectivity index (χ4n) is 2.55. The van der Waals surface area contributed by atoms with E-state index in [1.807, 2.05) is 0 Å². The number of nitro benzene ring substituents is 1. The summed E-state index contributed by atoms with van der Waals surface area (Å²) in [4.78, 5) is 33.2. The van der Waals surface area contributed by atoms with Gasteiger partial charge in [-0.3, -0.25) is 29.7 Å². The van der Waals surface area contributed by atoms with Crippen molar-refractivity contribution in [2.24, 2.45) is 5.10 Å². The van der Waals surface area contributed by atoms with Gasteiger partial charge in [0.1, 0.15) is 17.4 Å². The smallest absolute Gasteiger partial charge is 0.271 e. The van der Waals surface area contributed by atoms with Gasteiger partial charge in [-0.25, -0.2) is 5.43 Å². The number of nitrogens with one attached hydrogen (secondary N) is 1. The molecule has 1 heterocycles. The van der Waals surface area contributed by atoms with Crippen LogP contribution >= 0.6 is 0 Å². The van der Waals surface area contributed by atoms with E-state index in [0.717, 1.165) is 0 Å². The second-order valence-electron chi connectivity index (χ2n) is 5.88. The maximum atomic E-state index is 12.3. The zero-order valence-electron chi connectivity index (χ0n) is 15.2. The lowest BCUT2D eigenvalue weighted by Gasteiger charge is -2.12. The van der Waals surface area contributed by atoms with E-state index in [9.17, 15) is 25.0 Å². The SMILES string of the molecule is C/C(=N\NC(=O)C(C)n1nc(C)c([N+](=O)[O-])c1C)c1cccc([N+](=O)[O-])c1. The first-order valence-electron chi connectivity index (χ1n) is 7.92. The van der Waals surface area contributed by atoms with Crippen LogP contribution in [0.1, 0.15) is 36.8 Å². The third-order valence-electron chi connectivity index (χ3n) is 4.02. The summed E-state index contributed by atoms with van der Waals surface area (Å²) in [6.07, 6.45) is 0. The van der Waals surface area contributed by atoms with Crippen LogP contribution in [0.4, 0.5) is 11.4 Å². The number of hydrogen-bond donors (Lipinski definition) is 1. The number of aryl methyl sites for hydroxylation is 1. The molecular weight excluding hydrogens is 356 g/mol. The lowest BCUT2D eigenvalue weighted by atomic mass is 10.1. The Labute approximate surface area is 154 Å². The lowest BCUT2D eigenvalue weighted by Crippen LogP contribution is -2.29. The topological polar surface area (TPSA) is 146 Å². The van der Waals surface area contributed by atoms with E-state index in [-0.39, 0.29) is 22.8 Å². The van der Waals surface area contributed by atoms with Gasteiger partial charge in [0.2, 0.25) is 0 Å². The molecule has 11 heteroatoms. The van der Waals surface area contributed by atoms with Crippen LogP contribution in [0.15, 0.2) is 29.4 Å². The van der Waals surface area contributed by atoms with Crippen molar-refractivity contribution in [3.8, 4) is 0 Å². The maximum absolute atomic E-state index is 12.3. The summed E-state index contributed by atoms with van der Waals surface area (Å²) in [6.45, 7) is 6.14. The van der Waals surface area contributed by atoms with Crippen molar-refractivity contribution < 1.29 is 14.6 Å². The highest BCUT2D eigenvalue weighted by Gasteiger charge is 2.27. The Bertz CT molecular complexity index is 949. The Morgan fingerprint density at radius 3 is 2.48 bits per heavy atom. The predicted octanol–water partition coefficient (Wildman–Crippen LogP) is 2.42. The average Bonchev–Trinajstić information content (AvgIpc) is 2.93. The summed E-state index contributed by atoms with van der Waals surface area (Å²) < 4.78 is 1.26. The Kier molecular flexibility index (Phi) is 5.63. The largest absolute Gasteiger partial charge is 0.312 e. The summed E-state index contributed by atoms with van der Waals surface area (Å²) in [5.74, 6) is -0.528. The number of non-ortho nitro benzene ring substituents is 1. The number of hydrazone groups is 1. The second kappa shape index (κ2) is 7.72. The molecule has 0 fully saturated rings. The first-order chi connectivity index (χ1) is 12.6. The average molecular weight is 374 g/mol. The fourth-order valence-corrected chi connectivity index (χ4v) is 2.55. The summed E-state index contributed by atoms with van der Waals surface area (Å²) >= 11 is 0. The van der Waals surface area contributed by atoms with E-state index in [0.29, 0.717) is 11.3 Å². The van der Waals surface area contributed by atoms with Gasteiger partial charge < -0.3 is 0 Å². The predicted molar refractivity (Wildman–Crippen MR) is 96.5 cm³/mol. The van der Waals surface area contributed by atoms with Gasteiger partial charge in [0.15, 0.2) is 0 Å². The van der Waals surface area contributed by atoms with Crippen LogP contribution in [0.25, 0.3) is 0 Å². The van der Waals surface area contributed by atoms with Gasteiger partial charge in [0.05, 0.1) is 15.6 Å². The zero-order valence-corrected chi connectivity index (χ0v) is 15.2. The lowest BCUT2D eigenvalue weighted by molar-refractivity contribution is -0.386. The molecule has 1 amide bonds. The monoisotopic (exact) mass is 374 g/mol. The third-order valence-corrected chi connectivity index (χ3v) is 4.02. The first kappa shape index (κ1) is 19.7. The highest BCUT2D eigenvalue weighted by molar-refractivity contribution is 5.99. The molecule has 0 saturated carbocycles. The van der Waals surface area contributed by atoms with Crippen molar-refractivity contribution in [2.75, 3.05) is 0 Å². The number of carbonyl (C=O) groups is 1. The molecular formula is C16H18N6O5. The summed E-state index contributed by atoms with van der Waals surface area (Å²) in [5, 5.41) is 29.9. The van der Waals surface area contributed by atoms with Gasteiger partial charge in [-0.05, 0) is 27.7 Å². The van der Waals surface area contributed by atoms with Crippen LogP contribution in [0, 0.1) is 34.1 Å². The molecule has 1 aromatic carbocycles. The molecule has 0 spiro atoms. The molecule has 0 aliphatic carbocycles. The van der Waals surface area contributed by atoms with Gasteiger partial charge in [-0.2, -0.15) is 10.2 Å². The standard InChI is InChI=1S/C16H18N6O5/c1-9(13-6-5-7-14(8-13)21(24)25)17-18-16(23)12(4)20-11(3)15(22(26)27)10(2)19-20/h5-8,12H,1-4H3,(H,18,23)/b17-9+. The van der Waals surface area contributed by atoms with E-state index in [1.54, 1.807) is 13.0 Å². The highest BCUT2D eigenvalue weighted by atomic mass is 16.6. The molecule has 1 N–H and O–H groups in total. The van der Waals surface area contributed by atoms with Gasteiger partial charge >= 0.3 is 5.69 Å². The minimum Gasteiger partial charge on any atom is -0.271 e. The highest BCUT2D eigenvalue weighted by Crippen LogP contribution is 2.24. The van der Waals surface area contributed by atoms with Crippen molar-refractivity contribution in [3.05, 3.63) is 61.4 Å². The molecule has 0 radical (unpaired) electrons.